The molecule has 0 fully saturated rings. The summed E-state index contributed by atoms with van der Waals surface area (Å²) in [5.41, 5.74) is 1.83. The second kappa shape index (κ2) is 11.6. The first-order chi connectivity index (χ1) is 14.0. The van der Waals surface area contributed by atoms with Gasteiger partial charge in [-0.3, -0.25) is 19.4 Å². The van der Waals surface area contributed by atoms with E-state index in [2.05, 4.69) is 15.6 Å². The van der Waals surface area contributed by atoms with Crippen LogP contribution in [0.2, 0.25) is 0 Å². The van der Waals surface area contributed by atoms with E-state index in [4.69, 9.17) is 0 Å². The summed E-state index contributed by atoms with van der Waals surface area (Å²) in [7, 11) is 1.55. The Kier molecular flexibility index (Phi) is 8.82. The predicted octanol–water partition coefficient (Wildman–Crippen LogP) is 1.86. The molecule has 1 atom stereocenters. The minimum absolute atomic E-state index is 0.0893. The van der Waals surface area contributed by atoms with Gasteiger partial charge >= 0.3 is 0 Å². The average Bonchev–Trinajstić information content (AvgIpc) is 2.73. The molecule has 0 spiro atoms. The van der Waals surface area contributed by atoms with Crippen LogP contribution in [0.3, 0.4) is 0 Å². The molecule has 7 nitrogen and oxygen atoms in total. The van der Waals surface area contributed by atoms with Crippen molar-refractivity contribution in [2.45, 2.75) is 32.2 Å². The van der Waals surface area contributed by atoms with Crippen molar-refractivity contribution in [1.29, 1.82) is 0 Å². The maximum atomic E-state index is 12.6. The second-order valence-corrected chi connectivity index (χ2v) is 6.83. The molecule has 154 valence electrons. The van der Waals surface area contributed by atoms with Gasteiger partial charge in [0.2, 0.25) is 17.7 Å². The summed E-state index contributed by atoms with van der Waals surface area (Å²) in [6.45, 7) is 1.69. The Morgan fingerprint density at radius 1 is 1.03 bits per heavy atom. The summed E-state index contributed by atoms with van der Waals surface area (Å²) in [5, 5.41) is 5.56. The lowest BCUT2D eigenvalue weighted by Crippen LogP contribution is -2.44. The Labute approximate surface area is 171 Å². The monoisotopic (exact) mass is 396 g/mol. The van der Waals surface area contributed by atoms with Crippen molar-refractivity contribution in [2.24, 2.45) is 0 Å². The van der Waals surface area contributed by atoms with Gasteiger partial charge in [0.05, 0.1) is 19.1 Å². The molecule has 0 aliphatic rings. The fourth-order valence-corrected chi connectivity index (χ4v) is 2.83. The first-order valence-electron chi connectivity index (χ1n) is 9.74. The first-order valence-corrected chi connectivity index (χ1v) is 9.74. The molecule has 1 heterocycles. The van der Waals surface area contributed by atoms with Crippen molar-refractivity contribution < 1.29 is 14.4 Å². The van der Waals surface area contributed by atoms with E-state index < -0.39 is 0 Å². The number of carbonyl (C=O) groups excluding carboxylic acids is 3. The van der Waals surface area contributed by atoms with Crippen LogP contribution in [0.1, 0.15) is 37.1 Å². The van der Waals surface area contributed by atoms with Crippen LogP contribution in [0.25, 0.3) is 0 Å². The number of likely N-dealkylation sites (N-methyl/N-ethyl adjacent to an activating group) is 1. The lowest BCUT2D eigenvalue weighted by molar-refractivity contribution is -0.135. The number of rotatable bonds is 10. The molecule has 3 amide bonds. The van der Waals surface area contributed by atoms with E-state index in [0.717, 1.165) is 17.7 Å². The van der Waals surface area contributed by atoms with E-state index in [1.54, 1.807) is 13.2 Å². The van der Waals surface area contributed by atoms with Crippen molar-refractivity contribution in [3.05, 3.63) is 66.0 Å². The van der Waals surface area contributed by atoms with Crippen LogP contribution in [-0.2, 0) is 20.8 Å². The maximum absolute atomic E-state index is 12.6. The van der Waals surface area contributed by atoms with E-state index in [-0.39, 0.29) is 36.9 Å². The Balaban J connectivity index is 1.95. The zero-order valence-electron chi connectivity index (χ0n) is 16.9. The summed E-state index contributed by atoms with van der Waals surface area (Å²) in [6, 6.07) is 15.1. The molecular weight excluding hydrogens is 368 g/mol. The van der Waals surface area contributed by atoms with E-state index in [0.29, 0.717) is 12.8 Å². The summed E-state index contributed by atoms with van der Waals surface area (Å²) in [5.74, 6) is -0.755. The molecule has 0 aliphatic carbocycles. The van der Waals surface area contributed by atoms with Crippen molar-refractivity contribution in [1.82, 2.24) is 20.5 Å². The van der Waals surface area contributed by atoms with E-state index >= 15 is 0 Å². The van der Waals surface area contributed by atoms with Gasteiger partial charge in [-0.15, -0.1) is 0 Å². The van der Waals surface area contributed by atoms with Gasteiger partial charge in [0, 0.05) is 31.8 Å². The summed E-state index contributed by atoms with van der Waals surface area (Å²) < 4.78 is 0. The number of nitrogens with one attached hydrogen (secondary N) is 2. The van der Waals surface area contributed by atoms with Crippen LogP contribution in [0, 0.1) is 0 Å². The first kappa shape index (κ1) is 22.1. The summed E-state index contributed by atoms with van der Waals surface area (Å²) in [6.07, 6.45) is 3.36. The normalized spacial score (nSPS) is 11.4. The number of benzene rings is 1. The average molecular weight is 396 g/mol. The van der Waals surface area contributed by atoms with Crippen LogP contribution in [-0.4, -0.2) is 47.7 Å². The van der Waals surface area contributed by atoms with Crippen LogP contribution >= 0.6 is 0 Å². The zero-order valence-corrected chi connectivity index (χ0v) is 16.9. The molecule has 0 aliphatic heterocycles. The smallest absolute Gasteiger partial charge is 0.242 e. The van der Waals surface area contributed by atoms with E-state index in [1.807, 2.05) is 55.5 Å². The zero-order chi connectivity index (χ0) is 21.1. The molecule has 1 unspecified atom stereocenters. The largest absolute Gasteiger partial charge is 0.347 e. The highest BCUT2D eigenvalue weighted by atomic mass is 16.2. The number of hydrogen-bond acceptors (Lipinski definition) is 4. The Morgan fingerprint density at radius 3 is 2.41 bits per heavy atom. The minimum Gasteiger partial charge on any atom is -0.347 e. The van der Waals surface area contributed by atoms with Crippen LogP contribution in [0.5, 0.6) is 0 Å². The molecule has 7 heteroatoms. The molecule has 0 saturated carbocycles. The lowest BCUT2D eigenvalue weighted by Gasteiger charge is -2.22. The summed E-state index contributed by atoms with van der Waals surface area (Å²) >= 11 is 0. The van der Waals surface area contributed by atoms with E-state index in [1.165, 1.54) is 4.90 Å². The van der Waals surface area contributed by atoms with Crippen LogP contribution in [0.15, 0.2) is 54.7 Å². The number of amides is 3. The second-order valence-electron chi connectivity index (χ2n) is 6.83. The molecule has 0 radical (unpaired) electrons. The van der Waals surface area contributed by atoms with Crippen LogP contribution in [0.4, 0.5) is 0 Å². The standard InChI is InChI=1S/C22H28N4O3/c1-3-9-20(27)24-15-22(29)26(2)16-21(28)25-19(17-10-5-4-6-11-17)14-18-12-7-8-13-23-18/h4-8,10-13,19H,3,9,14-16H2,1-2H3,(H,24,27)(H,25,28). The number of nitrogens with zero attached hydrogens (tertiary/aromatic N) is 2. The van der Waals surface area contributed by atoms with Gasteiger partial charge in [-0.25, -0.2) is 0 Å². The Morgan fingerprint density at radius 2 is 1.76 bits per heavy atom. The predicted molar refractivity (Wildman–Crippen MR) is 111 cm³/mol. The fourth-order valence-electron chi connectivity index (χ4n) is 2.83. The molecule has 2 N–H and O–H groups in total. The van der Waals surface area contributed by atoms with E-state index in [9.17, 15) is 14.4 Å². The fraction of sp³-hybridized carbons (Fsp3) is 0.364. The third-order valence-corrected chi connectivity index (χ3v) is 4.40. The summed E-state index contributed by atoms with van der Waals surface area (Å²) in [4.78, 5) is 41.9. The highest BCUT2D eigenvalue weighted by Crippen LogP contribution is 2.17. The van der Waals surface area contributed by atoms with Gasteiger partial charge in [0.1, 0.15) is 0 Å². The van der Waals surface area contributed by atoms with Crippen molar-refractivity contribution in [3.63, 3.8) is 0 Å². The van der Waals surface area contributed by atoms with Crippen molar-refractivity contribution >= 4 is 17.7 Å². The van der Waals surface area contributed by atoms with Gasteiger partial charge in [-0.05, 0) is 24.1 Å². The molecule has 0 saturated heterocycles. The number of hydrogen-bond donors (Lipinski definition) is 2. The van der Waals surface area contributed by atoms with Gasteiger partial charge in [0.15, 0.2) is 0 Å². The topological polar surface area (TPSA) is 91.4 Å². The quantitative estimate of drug-likeness (QED) is 0.641. The van der Waals surface area contributed by atoms with Crippen LogP contribution < -0.4 is 10.6 Å². The highest BCUT2D eigenvalue weighted by Gasteiger charge is 2.19. The molecule has 1 aromatic carbocycles. The molecule has 2 aromatic rings. The SMILES string of the molecule is CCCC(=O)NCC(=O)N(C)CC(=O)NC(Cc1ccccn1)c1ccccc1. The Hall–Kier alpha value is -3.22. The minimum atomic E-state index is -0.314. The van der Waals surface area contributed by atoms with Gasteiger partial charge in [-0.2, -0.15) is 0 Å². The maximum Gasteiger partial charge on any atom is 0.242 e. The molecule has 29 heavy (non-hydrogen) atoms. The van der Waals surface area contributed by atoms with Crippen molar-refractivity contribution in [3.8, 4) is 0 Å². The molecule has 2 rings (SSSR count). The van der Waals surface area contributed by atoms with Crippen molar-refractivity contribution in [2.75, 3.05) is 20.1 Å². The van der Waals surface area contributed by atoms with Gasteiger partial charge in [0.25, 0.3) is 0 Å². The van der Waals surface area contributed by atoms with Gasteiger partial charge in [-0.1, -0.05) is 43.3 Å². The molecule has 1 aromatic heterocycles. The third kappa shape index (κ3) is 7.73. The number of aromatic nitrogens is 1. The van der Waals surface area contributed by atoms with Gasteiger partial charge < -0.3 is 15.5 Å². The number of carbonyl (C=O) groups is 3. The number of pyridine rings is 1. The third-order valence-electron chi connectivity index (χ3n) is 4.40. The lowest BCUT2D eigenvalue weighted by atomic mass is 10.0. The molecular formula is C22H28N4O3. The molecule has 0 bridgehead atoms. The Bertz CT molecular complexity index is 796. The highest BCUT2D eigenvalue weighted by molar-refractivity contribution is 5.88.